The van der Waals surface area contributed by atoms with E-state index in [1.54, 1.807) is 0 Å². The van der Waals surface area contributed by atoms with Crippen molar-refractivity contribution in [2.75, 3.05) is 0 Å². The molecule has 0 aliphatic carbocycles. The van der Waals surface area contributed by atoms with Crippen molar-refractivity contribution in [3.8, 4) is 0 Å². The van der Waals surface area contributed by atoms with Crippen LogP contribution in [0.25, 0.3) is 11.1 Å². The van der Waals surface area contributed by atoms with Crippen molar-refractivity contribution in [2.24, 2.45) is 7.05 Å². The minimum atomic E-state index is -2.97. The Morgan fingerprint density at radius 2 is 1.92 bits per heavy atom. The number of imidazole rings is 1. The molecule has 0 saturated heterocycles. The Balaban J connectivity index is 2.64. The minimum Gasteiger partial charge on any atom is -0.344 e. The van der Waals surface area contributed by atoms with Gasteiger partial charge >= 0.3 is 0 Å². The summed E-state index contributed by atoms with van der Waals surface area (Å²) < 4.78 is 29.1. The molecule has 6 heteroatoms. The molecule has 2 aromatic heterocycles. The largest absolute Gasteiger partial charge is 0.344 e. The van der Waals surface area contributed by atoms with Crippen LogP contribution in [-0.4, -0.2) is 22.4 Å². The van der Waals surface area contributed by atoms with Gasteiger partial charge in [0.2, 0.25) is 0 Å². The van der Waals surface area contributed by atoms with E-state index in [1.165, 1.54) is 12.3 Å². The van der Waals surface area contributed by atoms with Gasteiger partial charge in [-0.1, -0.05) is 6.92 Å². The smallest absolute Gasteiger partial charge is 0.286 e. The van der Waals surface area contributed by atoms with Crippen molar-refractivity contribution in [3.05, 3.63) is 40.5 Å². The Bertz CT molecular complexity index is 801. The van der Waals surface area contributed by atoms with Crippen molar-refractivity contribution >= 4 is 24.7 Å². The summed E-state index contributed by atoms with van der Waals surface area (Å²) in [6.45, 7) is 8.62. The molecule has 0 unspecified atom stereocenters. The highest BCUT2D eigenvalue weighted by molar-refractivity contribution is 6.29. The molecule has 2 aromatic rings. The standard InChI is InChI=1S/C18H22BF2N3/c1-7-14-16(23-17(19)24(14)6)12(4)11(3)13-8-15(18(5,20)21)22-9-10(13)2/h8-9H,7H2,1-6H3/b12-11+. The lowest BCUT2D eigenvalue weighted by Crippen LogP contribution is -2.16. The molecule has 0 aliphatic rings. The zero-order valence-electron chi connectivity index (χ0n) is 15.0. The van der Waals surface area contributed by atoms with E-state index in [2.05, 4.69) is 9.97 Å². The van der Waals surface area contributed by atoms with E-state index in [0.29, 0.717) is 5.72 Å². The number of alkyl halides is 2. The van der Waals surface area contributed by atoms with Crippen molar-refractivity contribution in [1.82, 2.24) is 14.5 Å². The molecular formula is C18H22BF2N3. The van der Waals surface area contributed by atoms with E-state index >= 15 is 0 Å². The molecule has 126 valence electrons. The van der Waals surface area contributed by atoms with Crippen LogP contribution in [0.5, 0.6) is 0 Å². The molecule has 0 atom stereocenters. The molecule has 0 spiro atoms. The van der Waals surface area contributed by atoms with E-state index in [-0.39, 0.29) is 5.69 Å². The molecule has 0 bridgehead atoms. The van der Waals surface area contributed by atoms with Gasteiger partial charge in [-0.25, -0.2) is 4.98 Å². The molecule has 0 saturated carbocycles. The maximum absolute atomic E-state index is 13.6. The maximum atomic E-state index is 13.6. The first-order valence-corrected chi connectivity index (χ1v) is 7.92. The minimum absolute atomic E-state index is 0.230. The topological polar surface area (TPSA) is 30.7 Å². The fraction of sp³-hybridized carbons (Fsp3) is 0.444. The summed E-state index contributed by atoms with van der Waals surface area (Å²) in [6.07, 6.45) is 2.28. The molecule has 0 aliphatic heterocycles. The summed E-state index contributed by atoms with van der Waals surface area (Å²) in [5.74, 6) is -2.97. The number of aryl methyl sites for hydroxylation is 1. The van der Waals surface area contributed by atoms with Crippen molar-refractivity contribution < 1.29 is 8.78 Å². The van der Waals surface area contributed by atoms with Gasteiger partial charge in [-0.05, 0) is 55.5 Å². The normalized spacial score (nSPS) is 13.2. The molecule has 2 heterocycles. The summed E-state index contributed by atoms with van der Waals surface area (Å²) >= 11 is 0. The van der Waals surface area contributed by atoms with Crippen molar-refractivity contribution in [3.63, 3.8) is 0 Å². The van der Waals surface area contributed by atoms with Crippen LogP contribution in [0.2, 0.25) is 0 Å². The maximum Gasteiger partial charge on any atom is 0.286 e. The predicted molar refractivity (Wildman–Crippen MR) is 94.7 cm³/mol. The summed E-state index contributed by atoms with van der Waals surface area (Å²) in [5.41, 5.74) is 5.49. The number of rotatable bonds is 4. The Morgan fingerprint density at radius 3 is 2.46 bits per heavy atom. The lowest BCUT2D eigenvalue weighted by Gasteiger charge is -2.15. The number of allylic oxidation sites excluding steroid dienone is 2. The van der Waals surface area contributed by atoms with Gasteiger partial charge in [-0.3, -0.25) is 4.98 Å². The van der Waals surface area contributed by atoms with E-state index in [1.807, 2.05) is 39.3 Å². The molecule has 0 fully saturated rings. The van der Waals surface area contributed by atoms with Gasteiger partial charge in [-0.2, -0.15) is 8.78 Å². The summed E-state index contributed by atoms with van der Waals surface area (Å²) in [6, 6.07) is 1.46. The third-order valence-corrected chi connectivity index (χ3v) is 4.46. The van der Waals surface area contributed by atoms with Gasteiger partial charge < -0.3 is 4.57 Å². The number of nitrogens with zero attached hydrogens (tertiary/aromatic N) is 3. The van der Waals surface area contributed by atoms with Gasteiger partial charge in [0, 0.05) is 25.9 Å². The molecule has 2 rings (SSSR count). The van der Waals surface area contributed by atoms with Crippen LogP contribution in [0.3, 0.4) is 0 Å². The zero-order valence-corrected chi connectivity index (χ0v) is 15.0. The lowest BCUT2D eigenvalue weighted by molar-refractivity contribution is 0.0127. The number of pyridine rings is 1. The monoisotopic (exact) mass is 329 g/mol. The summed E-state index contributed by atoms with van der Waals surface area (Å²) in [4.78, 5) is 8.31. The van der Waals surface area contributed by atoms with Crippen LogP contribution < -0.4 is 5.72 Å². The number of aromatic nitrogens is 3. The zero-order chi connectivity index (χ0) is 18.2. The number of hydrogen-bond acceptors (Lipinski definition) is 2. The highest BCUT2D eigenvalue weighted by atomic mass is 19.3. The fourth-order valence-electron chi connectivity index (χ4n) is 2.80. The first kappa shape index (κ1) is 18.4. The van der Waals surface area contributed by atoms with E-state index < -0.39 is 5.92 Å². The van der Waals surface area contributed by atoms with E-state index in [9.17, 15) is 8.78 Å². The Hall–Kier alpha value is -1.98. The highest BCUT2D eigenvalue weighted by Gasteiger charge is 2.27. The van der Waals surface area contributed by atoms with Crippen LogP contribution in [0.15, 0.2) is 12.3 Å². The van der Waals surface area contributed by atoms with Crippen LogP contribution in [0.4, 0.5) is 8.78 Å². The van der Waals surface area contributed by atoms with E-state index in [0.717, 1.165) is 47.0 Å². The fourth-order valence-corrected chi connectivity index (χ4v) is 2.80. The van der Waals surface area contributed by atoms with Crippen LogP contribution in [0, 0.1) is 6.92 Å². The molecular weight excluding hydrogens is 307 g/mol. The van der Waals surface area contributed by atoms with Crippen LogP contribution in [0.1, 0.15) is 55.9 Å². The average molecular weight is 329 g/mol. The average Bonchev–Trinajstić information content (AvgIpc) is 2.80. The van der Waals surface area contributed by atoms with Gasteiger partial charge in [-0.15, -0.1) is 0 Å². The molecule has 0 aromatic carbocycles. The van der Waals surface area contributed by atoms with Gasteiger partial charge in [0.05, 0.1) is 11.4 Å². The molecule has 24 heavy (non-hydrogen) atoms. The first-order chi connectivity index (χ1) is 11.1. The molecule has 3 nitrogen and oxygen atoms in total. The van der Waals surface area contributed by atoms with Gasteiger partial charge in [0.1, 0.15) is 5.69 Å². The second kappa shape index (κ2) is 6.50. The van der Waals surface area contributed by atoms with Gasteiger partial charge in [0.15, 0.2) is 7.85 Å². The van der Waals surface area contributed by atoms with Crippen molar-refractivity contribution in [1.29, 1.82) is 0 Å². The highest BCUT2D eigenvalue weighted by Crippen LogP contribution is 2.32. The quantitative estimate of drug-likeness (QED) is 0.803. The number of hydrogen-bond donors (Lipinski definition) is 0. The first-order valence-electron chi connectivity index (χ1n) is 7.92. The summed E-state index contributed by atoms with van der Waals surface area (Å²) in [7, 11) is 7.80. The second-order valence-corrected chi connectivity index (χ2v) is 6.20. The van der Waals surface area contributed by atoms with Crippen LogP contribution in [-0.2, 0) is 19.4 Å². The molecule has 2 radical (unpaired) electrons. The van der Waals surface area contributed by atoms with Crippen LogP contribution >= 0.6 is 0 Å². The Labute approximate surface area is 143 Å². The van der Waals surface area contributed by atoms with Gasteiger partial charge in [0.25, 0.3) is 5.92 Å². The second-order valence-electron chi connectivity index (χ2n) is 6.20. The Morgan fingerprint density at radius 1 is 1.29 bits per heavy atom. The van der Waals surface area contributed by atoms with Crippen molar-refractivity contribution in [2.45, 2.75) is 47.0 Å². The SMILES string of the molecule is [B]c1nc(/C(C)=C(\C)c2cc(C(C)(F)F)ncc2C)c(CC)n1C. The number of halogens is 2. The molecule has 0 amide bonds. The van der Waals surface area contributed by atoms with E-state index in [4.69, 9.17) is 7.85 Å². The summed E-state index contributed by atoms with van der Waals surface area (Å²) in [5, 5.41) is 0. The third-order valence-electron chi connectivity index (χ3n) is 4.46. The lowest BCUT2D eigenvalue weighted by atomic mass is 9.95. The molecule has 0 N–H and O–H groups in total. The third kappa shape index (κ3) is 3.28. The predicted octanol–water partition coefficient (Wildman–Crippen LogP) is 3.54. The Kier molecular flexibility index (Phi) is 4.97.